The Morgan fingerprint density at radius 3 is 2.60 bits per heavy atom. The summed E-state index contributed by atoms with van der Waals surface area (Å²) >= 11 is 0. The number of nitrogens with one attached hydrogen (secondary N) is 1. The van der Waals surface area contributed by atoms with Gasteiger partial charge >= 0.3 is 12.0 Å². The van der Waals surface area contributed by atoms with Crippen LogP contribution < -0.4 is 5.32 Å². The molecule has 1 aliphatic rings. The molecule has 20 heavy (non-hydrogen) atoms. The third kappa shape index (κ3) is 3.08. The topological polar surface area (TPSA) is 78.9 Å². The standard InChI is InChI=1S/C14H18N2O4/c1-9-4-3-5-10(2)12(9)15-14(19)16-6-7-20-11(8-16)13(17)18/h3-5,11H,6-8H2,1-2H3,(H,15,19)(H,17,18). The fraction of sp³-hybridized carbons (Fsp3) is 0.429. The van der Waals surface area contributed by atoms with E-state index >= 15 is 0 Å². The zero-order valence-electron chi connectivity index (χ0n) is 11.5. The van der Waals surface area contributed by atoms with Crippen molar-refractivity contribution in [2.24, 2.45) is 0 Å². The van der Waals surface area contributed by atoms with Crippen LogP contribution in [0.5, 0.6) is 0 Å². The molecule has 0 aliphatic carbocycles. The van der Waals surface area contributed by atoms with Crippen molar-refractivity contribution in [3.05, 3.63) is 29.3 Å². The first-order valence-electron chi connectivity index (χ1n) is 6.45. The van der Waals surface area contributed by atoms with E-state index in [1.165, 1.54) is 4.90 Å². The SMILES string of the molecule is Cc1cccc(C)c1NC(=O)N1CCOC(C(=O)O)C1. The number of ether oxygens (including phenoxy) is 1. The van der Waals surface area contributed by atoms with E-state index in [1.54, 1.807) is 0 Å². The maximum Gasteiger partial charge on any atom is 0.334 e. The van der Waals surface area contributed by atoms with E-state index in [4.69, 9.17) is 9.84 Å². The Balaban J connectivity index is 2.06. The highest BCUT2D eigenvalue weighted by molar-refractivity contribution is 5.91. The second-order valence-corrected chi connectivity index (χ2v) is 4.84. The largest absolute Gasteiger partial charge is 0.479 e. The molecule has 0 saturated carbocycles. The summed E-state index contributed by atoms with van der Waals surface area (Å²) in [6.45, 7) is 4.52. The molecule has 0 aromatic heterocycles. The molecule has 1 atom stereocenters. The summed E-state index contributed by atoms with van der Waals surface area (Å²) in [5.41, 5.74) is 2.72. The van der Waals surface area contributed by atoms with Gasteiger partial charge in [0.1, 0.15) is 0 Å². The van der Waals surface area contributed by atoms with Gasteiger partial charge < -0.3 is 20.1 Å². The summed E-state index contributed by atoms with van der Waals surface area (Å²) in [7, 11) is 0. The molecule has 1 unspecified atom stereocenters. The molecule has 2 N–H and O–H groups in total. The number of amides is 2. The molecular weight excluding hydrogens is 260 g/mol. The molecule has 1 saturated heterocycles. The molecule has 0 spiro atoms. The van der Waals surface area contributed by atoms with Crippen LogP contribution in [-0.4, -0.2) is 47.8 Å². The third-order valence-corrected chi connectivity index (χ3v) is 3.34. The predicted molar refractivity (Wildman–Crippen MR) is 73.9 cm³/mol. The van der Waals surface area contributed by atoms with Crippen LogP contribution in [0.25, 0.3) is 0 Å². The van der Waals surface area contributed by atoms with Gasteiger partial charge in [0.25, 0.3) is 0 Å². The van der Waals surface area contributed by atoms with Crippen molar-refractivity contribution in [3.63, 3.8) is 0 Å². The number of aliphatic carboxylic acids is 1. The van der Waals surface area contributed by atoms with Gasteiger partial charge in [-0.25, -0.2) is 9.59 Å². The number of aryl methyl sites for hydroxylation is 2. The van der Waals surface area contributed by atoms with Crippen molar-refractivity contribution in [1.82, 2.24) is 4.90 Å². The number of urea groups is 1. The van der Waals surface area contributed by atoms with E-state index in [-0.39, 0.29) is 19.2 Å². The maximum atomic E-state index is 12.2. The highest BCUT2D eigenvalue weighted by Gasteiger charge is 2.29. The van der Waals surface area contributed by atoms with Gasteiger partial charge in [-0.1, -0.05) is 18.2 Å². The van der Waals surface area contributed by atoms with Crippen LogP contribution in [0.4, 0.5) is 10.5 Å². The minimum absolute atomic E-state index is 0.0616. The number of hydrogen-bond acceptors (Lipinski definition) is 3. The van der Waals surface area contributed by atoms with Gasteiger partial charge in [0.2, 0.25) is 0 Å². The van der Waals surface area contributed by atoms with Gasteiger partial charge in [0, 0.05) is 12.2 Å². The number of para-hydroxylation sites is 1. The van der Waals surface area contributed by atoms with E-state index in [9.17, 15) is 9.59 Å². The Hall–Kier alpha value is -2.08. The number of carbonyl (C=O) groups excluding carboxylic acids is 1. The number of nitrogens with zero attached hydrogens (tertiary/aromatic N) is 1. The van der Waals surface area contributed by atoms with Crippen LogP contribution in [0.1, 0.15) is 11.1 Å². The van der Waals surface area contributed by atoms with E-state index in [0.29, 0.717) is 6.54 Å². The van der Waals surface area contributed by atoms with Gasteiger partial charge in [-0.3, -0.25) is 0 Å². The quantitative estimate of drug-likeness (QED) is 0.861. The zero-order valence-corrected chi connectivity index (χ0v) is 11.5. The van der Waals surface area contributed by atoms with Gasteiger partial charge in [-0.15, -0.1) is 0 Å². The number of rotatable bonds is 2. The minimum Gasteiger partial charge on any atom is -0.479 e. The molecule has 2 rings (SSSR count). The predicted octanol–water partition coefficient (Wildman–Crippen LogP) is 1.62. The average Bonchev–Trinajstić information content (AvgIpc) is 2.43. The first kappa shape index (κ1) is 14.3. The van der Waals surface area contributed by atoms with Crippen LogP contribution in [0.2, 0.25) is 0 Å². The molecule has 6 heteroatoms. The summed E-state index contributed by atoms with van der Waals surface area (Å²) < 4.78 is 5.10. The molecular formula is C14H18N2O4. The number of carboxylic acid groups (broad SMARTS) is 1. The summed E-state index contributed by atoms with van der Waals surface area (Å²) in [6, 6.07) is 5.47. The third-order valence-electron chi connectivity index (χ3n) is 3.34. The molecule has 1 aromatic rings. The van der Waals surface area contributed by atoms with E-state index in [1.807, 2.05) is 32.0 Å². The van der Waals surface area contributed by atoms with Gasteiger partial charge in [0.15, 0.2) is 6.10 Å². The molecule has 1 aromatic carbocycles. The number of morpholine rings is 1. The number of anilines is 1. The van der Waals surface area contributed by atoms with Crippen LogP contribution >= 0.6 is 0 Å². The maximum absolute atomic E-state index is 12.2. The Morgan fingerprint density at radius 1 is 1.35 bits per heavy atom. The minimum atomic E-state index is -1.05. The molecule has 1 aliphatic heterocycles. The van der Waals surface area contributed by atoms with Crippen LogP contribution in [0.3, 0.4) is 0 Å². The lowest BCUT2D eigenvalue weighted by Crippen LogP contribution is -2.50. The second kappa shape index (κ2) is 5.92. The summed E-state index contributed by atoms with van der Waals surface area (Å²) in [4.78, 5) is 24.6. The van der Waals surface area contributed by atoms with Crippen molar-refractivity contribution in [2.45, 2.75) is 20.0 Å². The lowest BCUT2D eigenvalue weighted by Gasteiger charge is -2.31. The van der Waals surface area contributed by atoms with E-state index < -0.39 is 12.1 Å². The summed E-state index contributed by atoms with van der Waals surface area (Å²) in [6.07, 6.45) is -0.951. The highest BCUT2D eigenvalue weighted by atomic mass is 16.5. The van der Waals surface area contributed by atoms with Crippen molar-refractivity contribution >= 4 is 17.7 Å². The van der Waals surface area contributed by atoms with E-state index in [2.05, 4.69) is 5.32 Å². The summed E-state index contributed by atoms with van der Waals surface area (Å²) in [5, 5.41) is 11.8. The van der Waals surface area contributed by atoms with E-state index in [0.717, 1.165) is 16.8 Å². The van der Waals surface area contributed by atoms with Gasteiger partial charge in [-0.05, 0) is 25.0 Å². The first-order chi connectivity index (χ1) is 9.49. The molecule has 1 heterocycles. The van der Waals surface area contributed by atoms with Crippen LogP contribution in [0, 0.1) is 13.8 Å². The Kier molecular flexibility index (Phi) is 4.24. The average molecular weight is 278 g/mol. The van der Waals surface area contributed by atoms with Crippen molar-refractivity contribution in [2.75, 3.05) is 25.0 Å². The molecule has 1 fully saturated rings. The fourth-order valence-corrected chi connectivity index (χ4v) is 2.18. The highest BCUT2D eigenvalue weighted by Crippen LogP contribution is 2.20. The molecule has 6 nitrogen and oxygen atoms in total. The molecule has 0 bridgehead atoms. The van der Waals surface area contributed by atoms with Crippen LogP contribution in [0.15, 0.2) is 18.2 Å². The number of carbonyl (C=O) groups is 2. The summed E-state index contributed by atoms with van der Waals surface area (Å²) in [5.74, 6) is -1.05. The van der Waals surface area contributed by atoms with Crippen molar-refractivity contribution < 1.29 is 19.4 Å². The molecule has 2 amide bonds. The zero-order chi connectivity index (χ0) is 14.7. The Labute approximate surface area is 117 Å². The van der Waals surface area contributed by atoms with Gasteiger partial charge in [0.05, 0.1) is 13.2 Å². The monoisotopic (exact) mass is 278 g/mol. The lowest BCUT2D eigenvalue weighted by molar-refractivity contribution is -0.154. The first-order valence-corrected chi connectivity index (χ1v) is 6.45. The number of hydrogen-bond donors (Lipinski definition) is 2. The normalized spacial score (nSPS) is 18.7. The van der Waals surface area contributed by atoms with Crippen molar-refractivity contribution in [1.29, 1.82) is 0 Å². The Morgan fingerprint density at radius 2 is 2.00 bits per heavy atom. The fourth-order valence-electron chi connectivity index (χ4n) is 2.18. The van der Waals surface area contributed by atoms with Crippen molar-refractivity contribution in [3.8, 4) is 0 Å². The van der Waals surface area contributed by atoms with Gasteiger partial charge in [-0.2, -0.15) is 0 Å². The molecule has 108 valence electrons. The molecule has 0 radical (unpaired) electrons. The van der Waals surface area contributed by atoms with Crippen LogP contribution in [-0.2, 0) is 9.53 Å². The smallest absolute Gasteiger partial charge is 0.334 e. The number of benzene rings is 1. The number of carboxylic acids is 1. The lowest BCUT2D eigenvalue weighted by atomic mass is 10.1. The second-order valence-electron chi connectivity index (χ2n) is 4.84. The Bertz CT molecular complexity index is 510.